The van der Waals surface area contributed by atoms with Gasteiger partial charge in [0.05, 0.1) is 13.2 Å². The topological polar surface area (TPSA) is 38.3 Å². The summed E-state index contributed by atoms with van der Waals surface area (Å²) in [5.41, 5.74) is 5.75. The summed E-state index contributed by atoms with van der Waals surface area (Å²) in [6.45, 7) is 0.992. The highest BCUT2D eigenvalue weighted by Gasteiger charge is 2.22. The van der Waals surface area contributed by atoms with Crippen LogP contribution in [-0.2, 0) is 22.4 Å². The number of benzene rings is 2. The summed E-state index contributed by atoms with van der Waals surface area (Å²) in [4.78, 5) is 11.1. The predicted molar refractivity (Wildman–Crippen MR) is 105 cm³/mol. The minimum absolute atomic E-state index is 0.102. The average molecular weight is 351 g/mol. The van der Waals surface area contributed by atoms with E-state index in [9.17, 15) is 4.79 Å². The van der Waals surface area contributed by atoms with E-state index >= 15 is 0 Å². The van der Waals surface area contributed by atoms with Crippen LogP contribution < -0.4 is 5.32 Å². The van der Waals surface area contributed by atoms with Gasteiger partial charge in [-0.1, -0.05) is 61.4 Å². The molecule has 0 unspecified atom stereocenters. The molecule has 3 rings (SSSR count). The Hall–Kier alpha value is -2.13. The number of ether oxygens (including phenoxy) is 1. The molecule has 1 aliphatic rings. The zero-order chi connectivity index (χ0) is 18.2. The molecular weight excluding hydrogens is 322 g/mol. The Morgan fingerprint density at radius 1 is 0.923 bits per heavy atom. The summed E-state index contributed by atoms with van der Waals surface area (Å²) >= 11 is 0. The van der Waals surface area contributed by atoms with Gasteiger partial charge in [0.1, 0.15) is 0 Å². The van der Waals surface area contributed by atoms with Crippen LogP contribution in [0.2, 0.25) is 0 Å². The molecule has 0 bridgehead atoms. The molecule has 0 atom stereocenters. The first kappa shape index (κ1) is 18.7. The Morgan fingerprint density at radius 2 is 1.50 bits per heavy atom. The smallest absolute Gasteiger partial charge is 0.305 e. The molecule has 0 heterocycles. The molecule has 0 amide bonds. The number of carbonyl (C=O) groups is 1. The van der Waals surface area contributed by atoms with Crippen molar-refractivity contribution in [3.05, 3.63) is 70.8 Å². The molecule has 26 heavy (non-hydrogen) atoms. The molecule has 0 aromatic heterocycles. The van der Waals surface area contributed by atoms with E-state index in [1.165, 1.54) is 29.4 Å². The van der Waals surface area contributed by atoms with Crippen LogP contribution in [0.5, 0.6) is 0 Å². The van der Waals surface area contributed by atoms with Crippen LogP contribution in [0.15, 0.2) is 48.5 Å². The lowest BCUT2D eigenvalue weighted by molar-refractivity contribution is -0.140. The van der Waals surface area contributed by atoms with Gasteiger partial charge in [0.2, 0.25) is 0 Å². The normalized spacial score (nSPS) is 13.6. The van der Waals surface area contributed by atoms with Crippen LogP contribution in [0.25, 0.3) is 0 Å². The molecule has 0 spiro atoms. The Bertz CT molecular complexity index is 678. The first-order valence-electron chi connectivity index (χ1n) is 9.75. The summed E-state index contributed by atoms with van der Waals surface area (Å²) in [6.07, 6.45) is 7.02. The monoisotopic (exact) mass is 351 g/mol. The Balaban J connectivity index is 1.58. The summed E-state index contributed by atoms with van der Waals surface area (Å²) in [5.74, 6) is -0.102. The lowest BCUT2D eigenvalue weighted by Crippen LogP contribution is -2.24. The second-order valence-electron chi connectivity index (χ2n) is 7.03. The number of carbonyl (C=O) groups excluding carboxylic acids is 1. The predicted octanol–water partition coefficient (Wildman–Crippen LogP) is 4.59. The lowest BCUT2D eigenvalue weighted by atomic mass is 9.94. The first-order chi connectivity index (χ1) is 12.8. The van der Waals surface area contributed by atoms with Gasteiger partial charge in [0, 0.05) is 6.42 Å². The minimum atomic E-state index is -0.102. The molecule has 2 aromatic rings. The van der Waals surface area contributed by atoms with Crippen molar-refractivity contribution in [2.45, 2.75) is 51.0 Å². The molecule has 0 fully saturated rings. The maximum atomic E-state index is 11.1. The van der Waals surface area contributed by atoms with Gasteiger partial charge in [-0.2, -0.15) is 0 Å². The Morgan fingerprint density at radius 3 is 2.12 bits per heavy atom. The number of fused-ring (bicyclic) bond motifs is 2. The summed E-state index contributed by atoms with van der Waals surface area (Å²) in [6, 6.07) is 17.9. The fourth-order valence-electron chi connectivity index (χ4n) is 3.84. The average Bonchev–Trinajstić information content (AvgIpc) is 2.84. The van der Waals surface area contributed by atoms with Crippen molar-refractivity contribution in [3.8, 4) is 0 Å². The third-order valence-electron chi connectivity index (χ3n) is 5.28. The number of unbranched alkanes of at least 4 members (excludes halogenated alkanes) is 3. The van der Waals surface area contributed by atoms with Gasteiger partial charge in [-0.3, -0.25) is 4.79 Å². The number of esters is 1. The van der Waals surface area contributed by atoms with E-state index in [-0.39, 0.29) is 12.0 Å². The number of nitrogens with one attached hydrogen (secondary N) is 1. The molecule has 1 aliphatic carbocycles. The van der Waals surface area contributed by atoms with Gasteiger partial charge in [-0.15, -0.1) is 0 Å². The van der Waals surface area contributed by atoms with Gasteiger partial charge >= 0.3 is 5.97 Å². The van der Waals surface area contributed by atoms with Crippen molar-refractivity contribution < 1.29 is 9.53 Å². The Kier molecular flexibility index (Phi) is 6.84. The van der Waals surface area contributed by atoms with Gasteiger partial charge in [-0.05, 0) is 54.5 Å². The van der Waals surface area contributed by atoms with Crippen molar-refractivity contribution in [2.24, 2.45) is 0 Å². The van der Waals surface area contributed by atoms with E-state index in [0.29, 0.717) is 6.42 Å². The van der Waals surface area contributed by atoms with Crippen molar-refractivity contribution >= 4 is 5.97 Å². The van der Waals surface area contributed by atoms with Crippen molar-refractivity contribution in [1.29, 1.82) is 0 Å². The minimum Gasteiger partial charge on any atom is -0.469 e. The van der Waals surface area contributed by atoms with Gasteiger partial charge in [0.15, 0.2) is 0 Å². The number of hydrogen-bond donors (Lipinski definition) is 1. The van der Waals surface area contributed by atoms with Crippen LogP contribution in [0.1, 0.15) is 60.4 Å². The number of hydrogen-bond acceptors (Lipinski definition) is 3. The highest BCUT2D eigenvalue weighted by molar-refractivity contribution is 5.68. The highest BCUT2D eigenvalue weighted by atomic mass is 16.5. The molecule has 0 aliphatic heterocycles. The van der Waals surface area contributed by atoms with Crippen LogP contribution in [0, 0.1) is 0 Å². The van der Waals surface area contributed by atoms with Crippen LogP contribution in [0.4, 0.5) is 0 Å². The second-order valence-corrected chi connectivity index (χ2v) is 7.03. The molecule has 138 valence electrons. The maximum absolute atomic E-state index is 11.1. The first-order valence-corrected chi connectivity index (χ1v) is 9.75. The summed E-state index contributed by atoms with van der Waals surface area (Å²) in [5, 5.41) is 3.79. The highest BCUT2D eigenvalue weighted by Crippen LogP contribution is 2.32. The van der Waals surface area contributed by atoms with Crippen LogP contribution >= 0.6 is 0 Å². The number of rotatable bonds is 8. The van der Waals surface area contributed by atoms with E-state index in [2.05, 4.69) is 58.6 Å². The molecule has 2 aromatic carbocycles. The van der Waals surface area contributed by atoms with Crippen molar-refractivity contribution in [1.82, 2.24) is 5.32 Å². The molecule has 0 saturated carbocycles. The third kappa shape index (κ3) is 4.73. The fourth-order valence-corrected chi connectivity index (χ4v) is 3.84. The largest absolute Gasteiger partial charge is 0.469 e. The molecule has 0 saturated heterocycles. The van der Waals surface area contributed by atoms with Crippen molar-refractivity contribution in [2.75, 3.05) is 13.7 Å². The van der Waals surface area contributed by atoms with E-state index in [4.69, 9.17) is 0 Å². The molecule has 0 radical (unpaired) electrons. The molecule has 3 nitrogen and oxygen atoms in total. The molecule has 3 heteroatoms. The zero-order valence-corrected chi connectivity index (χ0v) is 15.7. The number of methoxy groups -OCH3 is 1. The van der Waals surface area contributed by atoms with E-state index < -0.39 is 0 Å². The van der Waals surface area contributed by atoms with E-state index in [0.717, 1.165) is 45.1 Å². The lowest BCUT2D eigenvalue weighted by Gasteiger charge is -2.22. The zero-order valence-electron chi connectivity index (χ0n) is 15.7. The van der Waals surface area contributed by atoms with E-state index in [1.54, 1.807) is 0 Å². The van der Waals surface area contributed by atoms with Gasteiger partial charge in [0.25, 0.3) is 0 Å². The standard InChI is InChI=1S/C23H29NO2/c1-26-22(25)14-4-2-3-9-17-24-23-20-12-7-5-10-18(20)15-16-19-11-6-8-13-21(19)23/h5-8,10-13,23-24H,2-4,9,14-17H2,1H3. The molecule has 1 N–H and O–H groups in total. The van der Waals surface area contributed by atoms with Crippen molar-refractivity contribution in [3.63, 3.8) is 0 Å². The Labute approximate surface area is 156 Å². The van der Waals surface area contributed by atoms with Crippen LogP contribution in [-0.4, -0.2) is 19.6 Å². The van der Waals surface area contributed by atoms with Gasteiger partial charge in [-0.25, -0.2) is 0 Å². The van der Waals surface area contributed by atoms with Crippen LogP contribution in [0.3, 0.4) is 0 Å². The number of aryl methyl sites for hydroxylation is 2. The van der Waals surface area contributed by atoms with E-state index in [1.807, 2.05) is 0 Å². The third-order valence-corrected chi connectivity index (χ3v) is 5.28. The SMILES string of the molecule is COC(=O)CCCCCCNC1c2ccccc2CCc2ccccc21. The summed E-state index contributed by atoms with van der Waals surface area (Å²) in [7, 11) is 1.45. The summed E-state index contributed by atoms with van der Waals surface area (Å²) < 4.78 is 4.68. The molecular formula is C23H29NO2. The second kappa shape index (κ2) is 9.54. The quantitative estimate of drug-likeness (QED) is 0.558. The fraction of sp³-hybridized carbons (Fsp3) is 0.435. The maximum Gasteiger partial charge on any atom is 0.305 e. The van der Waals surface area contributed by atoms with Gasteiger partial charge < -0.3 is 10.1 Å².